The van der Waals surface area contributed by atoms with Gasteiger partial charge in [-0.1, -0.05) is 94.3 Å². The number of carbonyl (C=O) groups is 1. The number of ether oxygens (including phenoxy) is 2. The number of nitrogens with zero attached hydrogens (tertiary/aromatic N) is 1. The fraction of sp³-hybridized carbons (Fsp3) is 0.594. The Kier molecular flexibility index (Phi) is 14.3. The molecular formula is C32H50NO3+. The van der Waals surface area contributed by atoms with Crippen molar-refractivity contribution in [2.75, 3.05) is 27.2 Å². The number of aryl methyl sites for hydroxylation is 1. The van der Waals surface area contributed by atoms with Crippen molar-refractivity contribution in [3.8, 4) is 5.75 Å². The third-order valence-electron chi connectivity index (χ3n) is 6.74. The molecule has 0 heterocycles. The molecule has 2 aromatic carbocycles. The maximum absolute atomic E-state index is 12.2. The van der Waals surface area contributed by atoms with Crippen LogP contribution >= 0.6 is 0 Å². The molecule has 0 spiro atoms. The van der Waals surface area contributed by atoms with Gasteiger partial charge in [0.15, 0.2) is 0 Å². The first-order chi connectivity index (χ1) is 17.4. The van der Waals surface area contributed by atoms with E-state index in [0.29, 0.717) is 19.4 Å². The van der Waals surface area contributed by atoms with Crippen LogP contribution in [0.3, 0.4) is 0 Å². The van der Waals surface area contributed by atoms with Gasteiger partial charge in [-0.2, -0.15) is 0 Å². The van der Waals surface area contributed by atoms with Crippen molar-refractivity contribution in [3.63, 3.8) is 0 Å². The minimum absolute atomic E-state index is 0.00154. The van der Waals surface area contributed by atoms with Crippen LogP contribution in [0.1, 0.15) is 89.2 Å². The molecule has 0 aliphatic heterocycles. The normalized spacial score (nSPS) is 12.3. The third-order valence-corrected chi connectivity index (χ3v) is 6.74. The summed E-state index contributed by atoms with van der Waals surface area (Å²) in [4.78, 5) is 12.2. The predicted octanol–water partition coefficient (Wildman–Crippen LogP) is 7.74. The molecule has 1 unspecified atom stereocenters. The van der Waals surface area contributed by atoms with Crippen LogP contribution in [-0.4, -0.2) is 43.8 Å². The van der Waals surface area contributed by atoms with E-state index < -0.39 is 0 Å². The Labute approximate surface area is 220 Å². The third kappa shape index (κ3) is 13.7. The molecule has 1 atom stereocenters. The largest absolute Gasteiger partial charge is 0.491 e. The van der Waals surface area contributed by atoms with Gasteiger partial charge in [0.1, 0.15) is 12.3 Å². The van der Waals surface area contributed by atoms with Crippen LogP contribution in [0, 0.1) is 0 Å². The zero-order valence-electron chi connectivity index (χ0n) is 23.3. The van der Waals surface area contributed by atoms with Gasteiger partial charge in [-0.05, 0) is 37.5 Å². The smallest absolute Gasteiger partial charge is 0.311 e. The molecule has 4 nitrogen and oxygen atoms in total. The standard InChI is InChI=1S/C32H50NO3/c1-5-6-7-8-9-10-11-13-16-29-19-21-31(22-20-29)36-28(2)24-26-35-32(34)23-25-33(3,4)27-30-17-14-12-15-18-30/h12,14-15,17-22,28H,5-11,13,16,23-27H2,1-4H3/q+1. The maximum Gasteiger partial charge on any atom is 0.311 e. The van der Waals surface area contributed by atoms with Crippen molar-refractivity contribution in [3.05, 3.63) is 65.7 Å². The molecule has 36 heavy (non-hydrogen) atoms. The molecule has 200 valence electrons. The first-order valence-corrected chi connectivity index (χ1v) is 14.1. The first kappa shape index (κ1) is 29.9. The molecular weight excluding hydrogens is 446 g/mol. The quantitative estimate of drug-likeness (QED) is 0.113. The Morgan fingerprint density at radius 1 is 0.833 bits per heavy atom. The Morgan fingerprint density at radius 2 is 1.47 bits per heavy atom. The fourth-order valence-corrected chi connectivity index (χ4v) is 4.45. The minimum atomic E-state index is -0.133. The molecule has 0 saturated heterocycles. The van der Waals surface area contributed by atoms with Gasteiger partial charge in [0.2, 0.25) is 0 Å². The summed E-state index contributed by atoms with van der Waals surface area (Å²) in [5.41, 5.74) is 2.66. The van der Waals surface area contributed by atoms with E-state index in [9.17, 15) is 4.79 Å². The molecule has 0 aliphatic rings. The van der Waals surface area contributed by atoms with E-state index in [2.05, 4.69) is 69.6 Å². The number of benzene rings is 2. The molecule has 0 aromatic heterocycles. The second kappa shape index (κ2) is 17.2. The van der Waals surface area contributed by atoms with Crippen LogP contribution in [0.5, 0.6) is 5.75 Å². The highest BCUT2D eigenvalue weighted by Crippen LogP contribution is 2.17. The zero-order valence-corrected chi connectivity index (χ0v) is 23.3. The van der Waals surface area contributed by atoms with Crippen molar-refractivity contribution in [1.29, 1.82) is 0 Å². The number of esters is 1. The topological polar surface area (TPSA) is 35.5 Å². The predicted molar refractivity (Wildman–Crippen MR) is 150 cm³/mol. The van der Waals surface area contributed by atoms with E-state index >= 15 is 0 Å². The lowest BCUT2D eigenvalue weighted by molar-refractivity contribution is -0.903. The average Bonchev–Trinajstić information content (AvgIpc) is 2.86. The molecule has 0 fully saturated rings. The molecule has 0 amide bonds. The van der Waals surface area contributed by atoms with Crippen LogP contribution in [0.25, 0.3) is 0 Å². The summed E-state index contributed by atoms with van der Waals surface area (Å²) in [5.74, 6) is 0.750. The van der Waals surface area contributed by atoms with Crippen molar-refractivity contribution in [1.82, 2.24) is 0 Å². The second-order valence-electron chi connectivity index (χ2n) is 10.9. The van der Waals surface area contributed by atoms with E-state index in [1.165, 1.54) is 62.5 Å². The molecule has 2 aromatic rings. The van der Waals surface area contributed by atoms with E-state index in [0.717, 1.165) is 29.7 Å². The summed E-state index contributed by atoms with van der Waals surface area (Å²) in [6.07, 6.45) is 13.1. The van der Waals surface area contributed by atoms with Crippen LogP contribution in [0.4, 0.5) is 0 Å². The summed E-state index contributed by atoms with van der Waals surface area (Å²) in [6, 6.07) is 18.9. The average molecular weight is 497 g/mol. The number of carbonyl (C=O) groups excluding carboxylic acids is 1. The lowest BCUT2D eigenvalue weighted by Crippen LogP contribution is -2.40. The highest BCUT2D eigenvalue weighted by atomic mass is 16.5. The molecule has 0 saturated carbocycles. The SMILES string of the molecule is CCCCCCCCCCc1ccc(OC(C)CCOC(=O)CC[N+](C)(C)Cc2ccccc2)cc1. The maximum atomic E-state index is 12.2. The summed E-state index contributed by atoms with van der Waals surface area (Å²) in [7, 11) is 4.30. The van der Waals surface area contributed by atoms with Crippen molar-refractivity contribution in [2.24, 2.45) is 0 Å². The number of unbranched alkanes of at least 4 members (excludes halogenated alkanes) is 7. The van der Waals surface area contributed by atoms with E-state index in [4.69, 9.17) is 9.47 Å². The summed E-state index contributed by atoms with van der Waals surface area (Å²) < 4.78 is 12.3. The van der Waals surface area contributed by atoms with Gasteiger partial charge in [0, 0.05) is 12.0 Å². The Bertz CT molecular complexity index is 832. The van der Waals surface area contributed by atoms with E-state index in [-0.39, 0.29) is 12.1 Å². The monoisotopic (exact) mass is 496 g/mol. The number of hydrogen-bond donors (Lipinski definition) is 0. The van der Waals surface area contributed by atoms with E-state index in [1.54, 1.807) is 0 Å². The summed E-state index contributed by atoms with van der Waals surface area (Å²) >= 11 is 0. The number of rotatable bonds is 19. The van der Waals surface area contributed by atoms with Gasteiger partial charge in [-0.3, -0.25) is 4.79 Å². The molecule has 0 N–H and O–H groups in total. The lowest BCUT2D eigenvalue weighted by atomic mass is 10.0. The van der Waals surface area contributed by atoms with Gasteiger partial charge < -0.3 is 14.0 Å². The molecule has 2 rings (SSSR count). The summed E-state index contributed by atoms with van der Waals surface area (Å²) in [5, 5.41) is 0. The van der Waals surface area contributed by atoms with Gasteiger partial charge in [0.05, 0.1) is 39.8 Å². The van der Waals surface area contributed by atoms with Crippen molar-refractivity contribution >= 4 is 5.97 Å². The Hall–Kier alpha value is -2.33. The molecule has 0 aliphatic carbocycles. The van der Waals surface area contributed by atoms with Crippen molar-refractivity contribution in [2.45, 2.75) is 97.1 Å². The van der Waals surface area contributed by atoms with Gasteiger partial charge in [-0.15, -0.1) is 0 Å². The summed E-state index contributed by atoms with van der Waals surface area (Å²) in [6.45, 7) is 6.34. The lowest BCUT2D eigenvalue weighted by Gasteiger charge is -2.29. The van der Waals surface area contributed by atoms with Gasteiger partial charge in [0.25, 0.3) is 0 Å². The number of hydrogen-bond acceptors (Lipinski definition) is 3. The highest BCUT2D eigenvalue weighted by Gasteiger charge is 2.18. The first-order valence-electron chi connectivity index (χ1n) is 14.1. The highest BCUT2D eigenvalue weighted by molar-refractivity contribution is 5.69. The van der Waals surface area contributed by atoms with Crippen molar-refractivity contribution < 1.29 is 18.8 Å². The minimum Gasteiger partial charge on any atom is -0.491 e. The van der Waals surface area contributed by atoms with Crippen LogP contribution in [0.15, 0.2) is 54.6 Å². The molecule has 0 radical (unpaired) electrons. The molecule has 4 heteroatoms. The van der Waals surface area contributed by atoms with Gasteiger partial charge >= 0.3 is 5.97 Å². The van der Waals surface area contributed by atoms with E-state index in [1.807, 2.05) is 13.0 Å². The zero-order chi connectivity index (χ0) is 26.1. The van der Waals surface area contributed by atoms with Crippen LogP contribution < -0.4 is 4.74 Å². The second-order valence-corrected chi connectivity index (χ2v) is 10.9. The fourth-order valence-electron chi connectivity index (χ4n) is 4.45. The van der Waals surface area contributed by atoms with Crippen LogP contribution in [0.2, 0.25) is 0 Å². The van der Waals surface area contributed by atoms with Gasteiger partial charge in [-0.25, -0.2) is 0 Å². The molecule has 0 bridgehead atoms. The van der Waals surface area contributed by atoms with Crippen LogP contribution in [-0.2, 0) is 22.5 Å². The number of quaternary nitrogens is 1. The Balaban J connectivity index is 1.55. The Morgan fingerprint density at radius 3 is 2.14 bits per heavy atom.